The minimum atomic E-state index is -0.900. The van der Waals surface area contributed by atoms with E-state index in [9.17, 15) is 9.59 Å². The van der Waals surface area contributed by atoms with Crippen molar-refractivity contribution in [1.29, 1.82) is 0 Å². The molecule has 1 N–H and O–H groups in total. The van der Waals surface area contributed by atoms with Crippen LogP contribution in [0, 0.1) is 6.92 Å². The Morgan fingerprint density at radius 1 is 1.35 bits per heavy atom. The van der Waals surface area contributed by atoms with E-state index in [0.717, 1.165) is 42.6 Å². The maximum atomic E-state index is 13.5. The molecule has 142 valence electrons. The van der Waals surface area contributed by atoms with Crippen molar-refractivity contribution in [3.05, 3.63) is 29.3 Å². The van der Waals surface area contributed by atoms with E-state index in [1.807, 2.05) is 25.1 Å². The van der Waals surface area contributed by atoms with E-state index in [2.05, 4.69) is 0 Å². The van der Waals surface area contributed by atoms with Crippen molar-refractivity contribution in [3.8, 4) is 5.75 Å². The molecule has 1 saturated heterocycles. The number of hydrogen-bond donors (Lipinski definition) is 1. The summed E-state index contributed by atoms with van der Waals surface area (Å²) in [5.74, 6) is -0.00458. The van der Waals surface area contributed by atoms with Gasteiger partial charge in [-0.25, -0.2) is 0 Å². The molecule has 1 amide bonds. The van der Waals surface area contributed by atoms with Crippen molar-refractivity contribution in [2.75, 3.05) is 26.8 Å². The van der Waals surface area contributed by atoms with E-state index >= 15 is 0 Å². The molecule has 0 unspecified atom stereocenters. The number of carboxylic acids is 1. The number of amides is 1. The number of hydrogen-bond acceptors (Lipinski definition) is 4. The lowest BCUT2D eigenvalue weighted by Gasteiger charge is -2.39. The highest BCUT2D eigenvalue weighted by molar-refractivity contribution is 5.89. The lowest BCUT2D eigenvalue weighted by atomic mass is 9.77. The van der Waals surface area contributed by atoms with Crippen LogP contribution in [0.5, 0.6) is 5.75 Å². The standard InChI is InChI=1S/C20H27NO5/c1-14-5-6-15(11-17(14)25-2)20(7-3-4-8-20)19(24)21-9-10-26-16(13-21)12-18(22)23/h5-6,11,16H,3-4,7-10,12-13H2,1-2H3,(H,22,23)/t16-/m0/s1. The lowest BCUT2D eigenvalue weighted by Crippen LogP contribution is -2.52. The average Bonchev–Trinajstić information content (AvgIpc) is 3.12. The summed E-state index contributed by atoms with van der Waals surface area (Å²) in [5.41, 5.74) is 1.51. The molecule has 3 rings (SSSR count). The van der Waals surface area contributed by atoms with Gasteiger partial charge in [-0.1, -0.05) is 25.0 Å². The molecule has 1 aromatic rings. The second-order valence-electron chi connectivity index (χ2n) is 7.32. The van der Waals surface area contributed by atoms with Crippen molar-refractivity contribution in [2.45, 2.75) is 50.5 Å². The Bertz CT molecular complexity index is 681. The number of ether oxygens (including phenoxy) is 2. The van der Waals surface area contributed by atoms with Gasteiger partial charge in [0.25, 0.3) is 0 Å². The quantitative estimate of drug-likeness (QED) is 0.872. The number of methoxy groups -OCH3 is 1. The maximum absolute atomic E-state index is 13.5. The van der Waals surface area contributed by atoms with Crippen molar-refractivity contribution in [1.82, 2.24) is 4.90 Å². The normalized spacial score (nSPS) is 22.2. The zero-order chi connectivity index (χ0) is 18.7. The molecule has 6 heteroatoms. The Hall–Kier alpha value is -2.08. The Morgan fingerprint density at radius 2 is 2.08 bits per heavy atom. The summed E-state index contributed by atoms with van der Waals surface area (Å²) < 4.78 is 11.0. The lowest BCUT2D eigenvalue weighted by molar-refractivity contribution is -0.150. The fraction of sp³-hybridized carbons (Fsp3) is 0.600. The molecule has 26 heavy (non-hydrogen) atoms. The van der Waals surface area contributed by atoms with Crippen LogP contribution in [0.1, 0.15) is 43.2 Å². The number of aliphatic carboxylic acids is 1. The van der Waals surface area contributed by atoms with E-state index in [1.165, 1.54) is 0 Å². The van der Waals surface area contributed by atoms with Gasteiger partial charge in [0, 0.05) is 13.1 Å². The summed E-state index contributed by atoms with van der Waals surface area (Å²) in [6.45, 7) is 3.23. The Labute approximate surface area is 154 Å². The van der Waals surface area contributed by atoms with Gasteiger partial charge in [-0.15, -0.1) is 0 Å². The Morgan fingerprint density at radius 3 is 2.73 bits per heavy atom. The molecule has 0 spiro atoms. The van der Waals surface area contributed by atoms with Gasteiger partial charge < -0.3 is 19.5 Å². The molecule has 1 atom stereocenters. The van der Waals surface area contributed by atoms with Crippen LogP contribution in [0.4, 0.5) is 0 Å². The molecule has 1 saturated carbocycles. The first-order valence-corrected chi connectivity index (χ1v) is 9.24. The highest BCUT2D eigenvalue weighted by Gasteiger charge is 2.46. The van der Waals surface area contributed by atoms with Crippen LogP contribution < -0.4 is 4.74 Å². The fourth-order valence-electron chi connectivity index (χ4n) is 4.25. The number of morpholine rings is 1. The van der Waals surface area contributed by atoms with Crippen molar-refractivity contribution >= 4 is 11.9 Å². The van der Waals surface area contributed by atoms with E-state index < -0.39 is 17.5 Å². The van der Waals surface area contributed by atoms with Gasteiger partial charge in [0.2, 0.25) is 5.91 Å². The smallest absolute Gasteiger partial charge is 0.306 e. The second kappa shape index (κ2) is 7.66. The van der Waals surface area contributed by atoms with Crippen LogP contribution in [-0.2, 0) is 19.7 Å². The predicted molar refractivity (Wildman–Crippen MR) is 96.4 cm³/mol. The van der Waals surface area contributed by atoms with Crippen LogP contribution in [0.15, 0.2) is 18.2 Å². The summed E-state index contributed by atoms with van der Waals surface area (Å²) in [4.78, 5) is 26.3. The molecule has 0 radical (unpaired) electrons. The summed E-state index contributed by atoms with van der Waals surface area (Å²) in [7, 11) is 1.65. The van der Waals surface area contributed by atoms with Gasteiger partial charge in [-0.3, -0.25) is 9.59 Å². The van der Waals surface area contributed by atoms with Gasteiger partial charge in [0.15, 0.2) is 0 Å². The van der Waals surface area contributed by atoms with E-state index in [1.54, 1.807) is 12.0 Å². The van der Waals surface area contributed by atoms with Gasteiger partial charge in [0.1, 0.15) is 5.75 Å². The third-order valence-electron chi connectivity index (χ3n) is 5.66. The van der Waals surface area contributed by atoms with Crippen molar-refractivity contribution < 1.29 is 24.2 Å². The third-order valence-corrected chi connectivity index (χ3v) is 5.66. The topological polar surface area (TPSA) is 76.1 Å². The maximum Gasteiger partial charge on any atom is 0.306 e. The average molecular weight is 361 g/mol. The van der Waals surface area contributed by atoms with E-state index in [-0.39, 0.29) is 12.3 Å². The van der Waals surface area contributed by atoms with Crippen molar-refractivity contribution in [2.24, 2.45) is 0 Å². The van der Waals surface area contributed by atoms with E-state index in [0.29, 0.717) is 19.7 Å². The number of carbonyl (C=O) groups excluding carboxylic acids is 1. The third kappa shape index (κ3) is 3.56. The van der Waals surface area contributed by atoms with Crippen LogP contribution >= 0.6 is 0 Å². The minimum absolute atomic E-state index is 0.0743. The van der Waals surface area contributed by atoms with Gasteiger partial charge in [-0.2, -0.15) is 0 Å². The number of rotatable bonds is 5. The zero-order valence-corrected chi connectivity index (χ0v) is 15.5. The summed E-state index contributed by atoms with van der Waals surface area (Å²) in [6.07, 6.45) is 3.17. The Kier molecular flexibility index (Phi) is 5.51. The van der Waals surface area contributed by atoms with Gasteiger partial charge >= 0.3 is 5.97 Å². The number of carbonyl (C=O) groups is 2. The van der Waals surface area contributed by atoms with Gasteiger partial charge in [-0.05, 0) is 37.0 Å². The van der Waals surface area contributed by atoms with E-state index in [4.69, 9.17) is 14.6 Å². The fourth-order valence-corrected chi connectivity index (χ4v) is 4.25. The van der Waals surface area contributed by atoms with Crippen molar-refractivity contribution in [3.63, 3.8) is 0 Å². The molecule has 0 aromatic heterocycles. The molecule has 1 aliphatic carbocycles. The first kappa shape index (κ1) is 18.7. The van der Waals surface area contributed by atoms with Crippen LogP contribution in [0.3, 0.4) is 0 Å². The monoisotopic (exact) mass is 361 g/mol. The SMILES string of the molecule is COc1cc(C2(C(=O)N3CCO[C@@H](CC(=O)O)C3)CCCC2)ccc1C. The van der Waals surface area contributed by atoms with Crippen LogP contribution in [-0.4, -0.2) is 54.8 Å². The predicted octanol–water partition coefficient (Wildman–Crippen LogP) is 2.52. The van der Waals surface area contributed by atoms with Crippen LogP contribution in [0.25, 0.3) is 0 Å². The first-order chi connectivity index (χ1) is 12.5. The first-order valence-electron chi connectivity index (χ1n) is 9.24. The minimum Gasteiger partial charge on any atom is -0.496 e. The summed E-state index contributed by atoms with van der Waals surface area (Å²) in [5, 5.41) is 9.02. The molecule has 2 aliphatic rings. The number of benzene rings is 1. The number of carboxylic acid groups (broad SMARTS) is 1. The van der Waals surface area contributed by atoms with Gasteiger partial charge in [0.05, 0.1) is 31.7 Å². The highest BCUT2D eigenvalue weighted by atomic mass is 16.5. The highest BCUT2D eigenvalue weighted by Crippen LogP contribution is 2.44. The molecule has 0 bridgehead atoms. The largest absolute Gasteiger partial charge is 0.496 e. The second-order valence-corrected chi connectivity index (χ2v) is 7.32. The molecule has 1 aromatic carbocycles. The molecule has 6 nitrogen and oxygen atoms in total. The van der Waals surface area contributed by atoms with Crippen LogP contribution in [0.2, 0.25) is 0 Å². The number of nitrogens with zero attached hydrogens (tertiary/aromatic N) is 1. The molecule has 1 heterocycles. The summed E-state index contributed by atoms with van der Waals surface area (Å²) >= 11 is 0. The summed E-state index contributed by atoms with van der Waals surface area (Å²) in [6, 6.07) is 6.04. The molecule has 2 fully saturated rings. The molecular formula is C20H27NO5. The Balaban J connectivity index is 1.87. The molecule has 1 aliphatic heterocycles. The number of aryl methyl sites for hydroxylation is 1. The molecular weight excluding hydrogens is 334 g/mol. The zero-order valence-electron chi connectivity index (χ0n) is 15.5.